The predicted molar refractivity (Wildman–Crippen MR) is 80.8 cm³/mol. The van der Waals surface area contributed by atoms with Crippen LogP contribution in [0.25, 0.3) is 0 Å². The Balaban J connectivity index is 1.94. The molecule has 0 radical (unpaired) electrons. The zero-order chi connectivity index (χ0) is 15.3. The molecule has 0 atom stereocenters. The van der Waals surface area contributed by atoms with E-state index in [1.54, 1.807) is 18.3 Å². The first-order chi connectivity index (χ1) is 9.94. The molecule has 6 heteroatoms. The van der Waals surface area contributed by atoms with Gasteiger partial charge in [-0.2, -0.15) is 0 Å². The van der Waals surface area contributed by atoms with Crippen molar-refractivity contribution in [3.8, 4) is 0 Å². The standard InChI is InChI=1S/C15H19N5O/c1-15(2,3)18-13-8-7-12(19-20-13)14(21)17-10-11-6-4-5-9-16-11/h4-9H,10H2,1-3H3,(H,17,21)(H,18,20). The van der Waals surface area contributed by atoms with Gasteiger partial charge >= 0.3 is 0 Å². The van der Waals surface area contributed by atoms with Gasteiger partial charge in [0, 0.05) is 11.7 Å². The summed E-state index contributed by atoms with van der Waals surface area (Å²) < 4.78 is 0. The van der Waals surface area contributed by atoms with E-state index in [0.29, 0.717) is 12.4 Å². The molecule has 0 saturated heterocycles. The zero-order valence-electron chi connectivity index (χ0n) is 12.4. The highest BCUT2D eigenvalue weighted by Crippen LogP contribution is 2.10. The first kappa shape index (κ1) is 14.9. The van der Waals surface area contributed by atoms with E-state index in [2.05, 4.69) is 25.8 Å². The van der Waals surface area contributed by atoms with E-state index in [1.165, 1.54) is 0 Å². The van der Waals surface area contributed by atoms with Crippen LogP contribution < -0.4 is 10.6 Å². The third-order valence-electron chi connectivity index (χ3n) is 2.56. The average Bonchev–Trinajstić information content (AvgIpc) is 2.45. The van der Waals surface area contributed by atoms with Crippen molar-refractivity contribution in [1.82, 2.24) is 20.5 Å². The van der Waals surface area contributed by atoms with Gasteiger partial charge in [-0.25, -0.2) is 0 Å². The Kier molecular flexibility index (Phi) is 4.47. The Labute approximate surface area is 124 Å². The molecule has 0 aromatic carbocycles. The van der Waals surface area contributed by atoms with Crippen LogP contribution in [0.2, 0.25) is 0 Å². The van der Waals surface area contributed by atoms with Crippen molar-refractivity contribution in [3.05, 3.63) is 47.9 Å². The minimum Gasteiger partial charge on any atom is -0.364 e. The summed E-state index contributed by atoms with van der Waals surface area (Å²) in [6.45, 7) is 6.45. The largest absolute Gasteiger partial charge is 0.364 e. The number of rotatable bonds is 4. The number of hydrogen-bond donors (Lipinski definition) is 2. The van der Waals surface area contributed by atoms with Gasteiger partial charge in [0.25, 0.3) is 5.91 Å². The van der Waals surface area contributed by atoms with Gasteiger partial charge in [0.1, 0.15) is 5.82 Å². The van der Waals surface area contributed by atoms with Crippen molar-refractivity contribution in [2.75, 3.05) is 5.32 Å². The lowest BCUT2D eigenvalue weighted by Crippen LogP contribution is -2.28. The summed E-state index contributed by atoms with van der Waals surface area (Å²) in [6, 6.07) is 8.95. The Morgan fingerprint density at radius 1 is 1.14 bits per heavy atom. The lowest BCUT2D eigenvalue weighted by Gasteiger charge is -2.20. The summed E-state index contributed by atoms with van der Waals surface area (Å²) >= 11 is 0. The third kappa shape index (κ3) is 4.83. The molecule has 1 amide bonds. The first-order valence-electron chi connectivity index (χ1n) is 6.74. The number of nitrogens with one attached hydrogen (secondary N) is 2. The molecule has 0 aliphatic rings. The van der Waals surface area contributed by atoms with E-state index in [-0.39, 0.29) is 17.1 Å². The second kappa shape index (κ2) is 6.30. The molecular weight excluding hydrogens is 266 g/mol. The van der Waals surface area contributed by atoms with E-state index < -0.39 is 0 Å². The van der Waals surface area contributed by atoms with E-state index in [9.17, 15) is 4.79 Å². The molecule has 0 unspecified atom stereocenters. The number of pyridine rings is 1. The predicted octanol–water partition coefficient (Wildman–Crippen LogP) is 2.01. The van der Waals surface area contributed by atoms with Gasteiger partial charge in [-0.15, -0.1) is 10.2 Å². The zero-order valence-corrected chi connectivity index (χ0v) is 12.4. The summed E-state index contributed by atoms with van der Waals surface area (Å²) in [5.41, 5.74) is 0.979. The maximum absolute atomic E-state index is 12.0. The fourth-order valence-corrected chi connectivity index (χ4v) is 1.67. The van der Waals surface area contributed by atoms with E-state index in [1.807, 2.05) is 39.0 Å². The topological polar surface area (TPSA) is 79.8 Å². The van der Waals surface area contributed by atoms with Crippen molar-refractivity contribution < 1.29 is 4.79 Å². The summed E-state index contributed by atoms with van der Waals surface area (Å²) in [6.07, 6.45) is 1.69. The number of hydrogen-bond acceptors (Lipinski definition) is 5. The lowest BCUT2D eigenvalue weighted by molar-refractivity contribution is 0.0944. The van der Waals surface area contributed by atoms with Crippen LogP contribution in [-0.4, -0.2) is 26.6 Å². The molecular formula is C15H19N5O. The average molecular weight is 285 g/mol. The van der Waals surface area contributed by atoms with Gasteiger partial charge in [-0.1, -0.05) is 6.07 Å². The molecule has 2 heterocycles. The molecule has 2 aromatic heterocycles. The van der Waals surface area contributed by atoms with Crippen molar-refractivity contribution in [2.24, 2.45) is 0 Å². The van der Waals surface area contributed by atoms with Crippen molar-refractivity contribution in [2.45, 2.75) is 32.9 Å². The molecule has 0 fully saturated rings. The monoisotopic (exact) mass is 285 g/mol. The molecule has 2 rings (SSSR count). The van der Waals surface area contributed by atoms with Gasteiger partial charge in [0.15, 0.2) is 5.69 Å². The number of aromatic nitrogens is 3. The highest BCUT2D eigenvalue weighted by molar-refractivity contribution is 5.92. The summed E-state index contributed by atoms with van der Waals surface area (Å²) in [7, 11) is 0. The van der Waals surface area contributed by atoms with Crippen LogP contribution in [0.15, 0.2) is 36.5 Å². The maximum atomic E-state index is 12.0. The van der Waals surface area contributed by atoms with Crippen LogP contribution in [0.5, 0.6) is 0 Å². The van der Waals surface area contributed by atoms with Gasteiger partial charge in [-0.05, 0) is 45.0 Å². The number of nitrogens with zero attached hydrogens (tertiary/aromatic N) is 3. The molecule has 21 heavy (non-hydrogen) atoms. The summed E-state index contributed by atoms with van der Waals surface area (Å²) in [5.74, 6) is 0.374. The molecule has 0 bridgehead atoms. The first-order valence-corrected chi connectivity index (χ1v) is 6.74. The van der Waals surface area contributed by atoms with Crippen LogP contribution in [0, 0.1) is 0 Å². The van der Waals surface area contributed by atoms with E-state index >= 15 is 0 Å². The molecule has 2 N–H and O–H groups in total. The summed E-state index contributed by atoms with van der Waals surface area (Å²) in [5, 5.41) is 13.9. The van der Waals surface area contributed by atoms with Gasteiger partial charge in [-0.3, -0.25) is 9.78 Å². The van der Waals surface area contributed by atoms with Crippen molar-refractivity contribution in [3.63, 3.8) is 0 Å². The maximum Gasteiger partial charge on any atom is 0.272 e. The SMILES string of the molecule is CC(C)(C)Nc1ccc(C(=O)NCc2ccccn2)nn1. The van der Waals surface area contributed by atoms with Gasteiger partial charge < -0.3 is 10.6 Å². The Morgan fingerprint density at radius 2 is 1.95 bits per heavy atom. The minimum absolute atomic E-state index is 0.0998. The van der Waals surface area contributed by atoms with E-state index in [0.717, 1.165) is 5.69 Å². The second-order valence-electron chi connectivity index (χ2n) is 5.68. The Bertz CT molecular complexity index is 590. The number of anilines is 1. The fraction of sp³-hybridized carbons (Fsp3) is 0.333. The normalized spacial score (nSPS) is 11.0. The van der Waals surface area contributed by atoms with Crippen LogP contribution >= 0.6 is 0 Å². The molecule has 0 saturated carbocycles. The highest BCUT2D eigenvalue weighted by atomic mass is 16.1. The quantitative estimate of drug-likeness (QED) is 0.898. The molecule has 2 aromatic rings. The van der Waals surface area contributed by atoms with Crippen LogP contribution in [-0.2, 0) is 6.54 Å². The lowest BCUT2D eigenvalue weighted by atomic mass is 10.1. The molecule has 0 aliphatic carbocycles. The Hall–Kier alpha value is -2.50. The van der Waals surface area contributed by atoms with Crippen LogP contribution in [0.1, 0.15) is 37.0 Å². The van der Waals surface area contributed by atoms with Crippen molar-refractivity contribution >= 4 is 11.7 Å². The fourth-order valence-electron chi connectivity index (χ4n) is 1.67. The van der Waals surface area contributed by atoms with Gasteiger partial charge in [0.2, 0.25) is 0 Å². The Morgan fingerprint density at radius 3 is 2.52 bits per heavy atom. The minimum atomic E-state index is -0.268. The van der Waals surface area contributed by atoms with Crippen molar-refractivity contribution in [1.29, 1.82) is 0 Å². The van der Waals surface area contributed by atoms with Crippen LogP contribution in [0.3, 0.4) is 0 Å². The number of carbonyl (C=O) groups excluding carboxylic acids is 1. The number of amides is 1. The molecule has 110 valence electrons. The second-order valence-corrected chi connectivity index (χ2v) is 5.68. The molecule has 0 aliphatic heterocycles. The van der Waals surface area contributed by atoms with E-state index in [4.69, 9.17) is 0 Å². The van der Waals surface area contributed by atoms with Crippen LogP contribution in [0.4, 0.5) is 5.82 Å². The molecule has 0 spiro atoms. The third-order valence-corrected chi connectivity index (χ3v) is 2.56. The van der Waals surface area contributed by atoms with Gasteiger partial charge in [0.05, 0.1) is 12.2 Å². The smallest absolute Gasteiger partial charge is 0.272 e. The number of carbonyl (C=O) groups is 1. The molecule has 6 nitrogen and oxygen atoms in total. The highest BCUT2D eigenvalue weighted by Gasteiger charge is 2.12. The summed E-state index contributed by atoms with van der Waals surface area (Å²) in [4.78, 5) is 16.1.